The molecular weight excluding hydrogens is 164 g/mol. The smallest absolute Gasteiger partial charge is 0.123 e. The van der Waals surface area contributed by atoms with E-state index in [-0.39, 0.29) is 0 Å². The second-order valence-electron chi connectivity index (χ2n) is 2.71. The van der Waals surface area contributed by atoms with Crippen LogP contribution in [0.1, 0.15) is 11.5 Å². The number of nitriles is 1. The summed E-state index contributed by atoms with van der Waals surface area (Å²) in [6, 6.07) is 9.47. The van der Waals surface area contributed by atoms with Gasteiger partial charge in [-0.1, -0.05) is 0 Å². The third-order valence-electron chi connectivity index (χ3n) is 1.85. The van der Waals surface area contributed by atoms with Crippen LogP contribution in [0, 0.1) is 11.3 Å². The van der Waals surface area contributed by atoms with Gasteiger partial charge in [-0.3, -0.25) is 0 Å². The highest BCUT2D eigenvalue weighted by Crippen LogP contribution is 2.07. The van der Waals surface area contributed by atoms with E-state index in [1.807, 2.05) is 29.0 Å². The molecule has 0 unspecified atom stereocenters. The standard InChI is InChI=1S/C10H8N2O/c11-7-9-3-1-5-12(9)8-10-4-2-6-13-10/h1-6H,8H2. The molecule has 0 saturated carbocycles. The van der Waals surface area contributed by atoms with Crippen LogP contribution in [-0.4, -0.2) is 4.57 Å². The van der Waals surface area contributed by atoms with Crippen molar-refractivity contribution in [1.82, 2.24) is 4.57 Å². The second kappa shape index (κ2) is 3.20. The minimum Gasteiger partial charge on any atom is -0.467 e. The molecule has 0 aromatic carbocycles. The zero-order chi connectivity index (χ0) is 9.10. The van der Waals surface area contributed by atoms with Crippen molar-refractivity contribution >= 4 is 0 Å². The van der Waals surface area contributed by atoms with Crippen LogP contribution in [0.5, 0.6) is 0 Å². The molecule has 0 radical (unpaired) electrons. The van der Waals surface area contributed by atoms with E-state index in [0.29, 0.717) is 12.2 Å². The number of hydrogen-bond acceptors (Lipinski definition) is 2. The first kappa shape index (κ1) is 7.69. The molecule has 0 aliphatic heterocycles. The molecular formula is C10H8N2O. The van der Waals surface area contributed by atoms with E-state index >= 15 is 0 Å². The van der Waals surface area contributed by atoms with Crippen molar-refractivity contribution in [1.29, 1.82) is 5.26 Å². The van der Waals surface area contributed by atoms with Gasteiger partial charge in [0.1, 0.15) is 17.5 Å². The molecule has 0 aliphatic rings. The monoisotopic (exact) mass is 172 g/mol. The largest absolute Gasteiger partial charge is 0.467 e. The molecule has 64 valence electrons. The SMILES string of the molecule is N#Cc1cccn1Cc1ccco1. The fourth-order valence-corrected chi connectivity index (χ4v) is 1.22. The summed E-state index contributed by atoms with van der Waals surface area (Å²) in [5.41, 5.74) is 0.649. The first-order valence-electron chi connectivity index (χ1n) is 3.98. The van der Waals surface area contributed by atoms with Crippen molar-refractivity contribution < 1.29 is 4.42 Å². The lowest BCUT2D eigenvalue weighted by molar-refractivity contribution is 0.493. The maximum atomic E-state index is 8.73. The Labute approximate surface area is 75.8 Å². The van der Waals surface area contributed by atoms with Crippen LogP contribution in [0.3, 0.4) is 0 Å². The molecule has 2 aromatic heterocycles. The van der Waals surface area contributed by atoms with Gasteiger partial charge in [-0.05, 0) is 24.3 Å². The summed E-state index contributed by atoms with van der Waals surface area (Å²) in [6.07, 6.45) is 3.49. The van der Waals surface area contributed by atoms with E-state index in [1.54, 1.807) is 12.3 Å². The first-order valence-corrected chi connectivity index (χ1v) is 3.98. The normalized spacial score (nSPS) is 9.77. The maximum absolute atomic E-state index is 8.73. The number of aromatic nitrogens is 1. The molecule has 0 aliphatic carbocycles. The maximum Gasteiger partial charge on any atom is 0.123 e. The highest BCUT2D eigenvalue weighted by molar-refractivity contribution is 5.22. The third-order valence-corrected chi connectivity index (χ3v) is 1.85. The molecule has 0 atom stereocenters. The number of rotatable bonds is 2. The minimum absolute atomic E-state index is 0.614. The Bertz CT molecular complexity index is 420. The molecule has 2 aromatic rings. The second-order valence-corrected chi connectivity index (χ2v) is 2.71. The van der Waals surface area contributed by atoms with Crippen LogP contribution in [0.2, 0.25) is 0 Å². The van der Waals surface area contributed by atoms with Crippen LogP contribution in [0.15, 0.2) is 41.1 Å². The molecule has 13 heavy (non-hydrogen) atoms. The van der Waals surface area contributed by atoms with Crippen LogP contribution >= 0.6 is 0 Å². The van der Waals surface area contributed by atoms with E-state index in [1.165, 1.54) is 0 Å². The van der Waals surface area contributed by atoms with Gasteiger partial charge in [0, 0.05) is 6.20 Å². The molecule has 0 spiro atoms. The van der Waals surface area contributed by atoms with Gasteiger partial charge in [-0.2, -0.15) is 5.26 Å². The highest BCUT2D eigenvalue weighted by Gasteiger charge is 2.01. The topological polar surface area (TPSA) is 41.9 Å². The van der Waals surface area contributed by atoms with Gasteiger partial charge < -0.3 is 8.98 Å². The Balaban J connectivity index is 2.24. The first-order chi connectivity index (χ1) is 6.40. The quantitative estimate of drug-likeness (QED) is 0.695. The van der Waals surface area contributed by atoms with Gasteiger partial charge in [0.2, 0.25) is 0 Å². The van der Waals surface area contributed by atoms with Crippen LogP contribution in [0.4, 0.5) is 0 Å². The fourth-order valence-electron chi connectivity index (χ4n) is 1.22. The lowest BCUT2D eigenvalue weighted by Crippen LogP contribution is -1.98. The molecule has 3 heteroatoms. The van der Waals surface area contributed by atoms with Crippen molar-refractivity contribution in [3.8, 4) is 6.07 Å². The molecule has 3 nitrogen and oxygen atoms in total. The lowest BCUT2D eigenvalue weighted by Gasteiger charge is -2.00. The molecule has 0 amide bonds. The Morgan fingerprint density at radius 2 is 2.31 bits per heavy atom. The van der Waals surface area contributed by atoms with E-state index in [0.717, 1.165) is 5.76 Å². The summed E-state index contributed by atoms with van der Waals surface area (Å²) in [5, 5.41) is 8.73. The van der Waals surface area contributed by atoms with Crippen molar-refractivity contribution in [2.45, 2.75) is 6.54 Å². The summed E-state index contributed by atoms with van der Waals surface area (Å²) in [7, 11) is 0. The Hall–Kier alpha value is -1.95. The molecule has 0 saturated heterocycles. The van der Waals surface area contributed by atoms with Crippen molar-refractivity contribution in [3.63, 3.8) is 0 Å². The molecule has 0 fully saturated rings. The van der Waals surface area contributed by atoms with E-state index in [2.05, 4.69) is 6.07 Å². The zero-order valence-electron chi connectivity index (χ0n) is 6.97. The molecule has 2 heterocycles. The Morgan fingerprint density at radius 1 is 1.38 bits per heavy atom. The summed E-state index contributed by atoms with van der Waals surface area (Å²) >= 11 is 0. The van der Waals surface area contributed by atoms with Gasteiger partial charge in [0.15, 0.2) is 0 Å². The van der Waals surface area contributed by atoms with E-state index in [9.17, 15) is 0 Å². The average molecular weight is 172 g/mol. The van der Waals surface area contributed by atoms with Crippen LogP contribution in [0.25, 0.3) is 0 Å². The molecule has 0 bridgehead atoms. The Kier molecular flexibility index (Phi) is 1.89. The van der Waals surface area contributed by atoms with Crippen molar-refractivity contribution in [2.24, 2.45) is 0 Å². The summed E-state index contributed by atoms with van der Waals surface area (Å²) in [5.74, 6) is 0.854. The van der Waals surface area contributed by atoms with Gasteiger partial charge in [-0.15, -0.1) is 0 Å². The van der Waals surface area contributed by atoms with Gasteiger partial charge in [0.25, 0.3) is 0 Å². The number of hydrogen-bond donors (Lipinski definition) is 0. The van der Waals surface area contributed by atoms with Crippen LogP contribution in [-0.2, 0) is 6.54 Å². The van der Waals surface area contributed by atoms with Crippen molar-refractivity contribution in [2.75, 3.05) is 0 Å². The van der Waals surface area contributed by atoms with Gasteiger partial charge in [0.05, 0.1) is 12.8 Å². The predicted molar refractivity (Wildman–Crippen MR) is 47.0 cm³/mol. The molecule has 2 rings (SSSR count). The predicted octanol–water partition coefficient (Wildman–Crippen LogP) is 2.00. The average Bonchev–Trinajstić information content (AvgIpc) is 2.76. The van der Waals surface area contributed by atoms with Gasteiger partial charge >= 0.3 is 0 Å². The van der Waals surface area contributed by atoms with Crippen molar-refractivity contribution in [3.05, 3.63) is 48.2 Å². The van der Waals surface area contributed by atoms with Crippen LogP contribution < -0.4 is 0 Å². The van der Waals surface area contributed by atoms with E-state index in [4.69, 9.17) is 9.68 Å². The highest BCUT2D eigenvalue weighted by atomic mass is 16.3. The van der Waals surface area contributed by atoms with E-state index < -0.39 is 0 Å². The number of furan rings is 1. The summed E-state index contributed by atoms with van der Waals surface area (Å²) < 4.78 is 7.02. The number of nitrogens with zero attached hydrogens (tertiary/aromatic N) is 2. The lowest BCUT2D eigenvalue weighted by atomic mass is 10.4. The minimum atomic E-state index is 0.614. The van der Waals surface area contributed by atoms with Gasteiger partial charge in [-0.25, -0.2) is 0 Å². The Morgan fingerprint density at radius 3 is 3.00 bits per heavy atom. The zero-order valence-corrected chi connectivity index (χ0v) is 6.97. The fraction of sp³-hybridized carbons (Fsp3) is 0.100. The summed E-state index contributed by atoms with van der Waals surface area (Å²) in [4.78, 5) is 0. The third kappa shape index (κ3) is 1.47. The summed E-state index contributed by atoms with van der Waals surface area (Å²) in [6.45, 7) is 0.614. The molecule has 0 N–H and O–H groups in total.